The Morgan fingerprint density at radius 1 is 1.07 bits per heavy atom. The maximum absolute atomic E-state index is 17.7. The number of ketones is 1. The zero-order valence-corrected chi connectivity index (χ0v) is 26.4. The number of aliphatic hydroxyl groups excluding tert-OH is 1. The lowest BCUT2D eigenvalue weighted by Gasteiger charge is -2.63. The number of allylic oxidation sites excluding steroid dienone is 4. The Bertz CT molecular complexity index is 1560. The molecule has 0 aromatic heterocycles. The number of aromatic carboxylic acids is 1. The first-order chi connectivity index (χ1) is 20.4. The van der Waals surface area contributed by atoms with Gasteiger partial charge in [0.05, 0.1) is 22.3 Å². The highest BCUT2D eigenvalue weighted by atomic mass is 35.5. The highest BCUT2D eigenvalue weighted by Gasteiger charge is 2.74. The monoisotopic (exact) mass is 640 g/mol. The molecule has 0 heterocycles. The number of hydrogen-bond donors (Lipinski definition) is 2. The lowest BCUT2D eigenvalue weighted by atomic mass is 9.43. The number of fused-ring (bicyclic) bond motifs is 5. The molecule has 3 fully saturated rings. The number of thioether (sulfide) groups is 1. The summed E-state index contributed by atoms with van der Waals surface area (Å²) in [7, 11) is 0. The number of halogens is 2. The molecule has 6 rings (SSSR count). The number of rotatable bonds is 6. The number of carbonyl (C=O) groups is 3. The second-order valence-electron chi connectivity index (χ2n) is 12.7. The summed E-state index contributed by atoms with van der Waals surface area (Å²) in [6.45, 7) is 3.71. The second-order valence-corrected chi connectivity index (χ2v) is 15.4. The van der Waals surface area contributed by atoms with Gasteiger partial charge in [0.15, 0.2) is 11.5 Å². The quantitative estimate of drug-likeness (QED) is 0.314. The van der Waals surface area contributed by atoms with E-state index in [2.05, 4.69) is 0 Å². The summed E-state index contributed by atoms with van der Waals surface area (Å²) in [5.41, 5.74) is -4.33. The van der Waals surface area contributed by atoms with Crippen LogP contribution in [0.4, 0.5) is 4.39 Å². The number of aliphatic hydroxyl groups is 1. The summed E-state index contributed by atoms with van der Waals surface area (Å²) in [5, 5.41) is 22.0. The van der Waals surface area contributed by atoms with Crippen LogP contribution in [0.25, 0.3) is 0 Å². The zero-order valence-electron chi connectivity index (χ0n) is 24.0. The lowest BCUT2D eigenvalue weighted by Crippen LogP contribution is -2.68. The van der Waals surface area contributed by atoms with E-state index in [1.54, 1.807) is 25.1 Å². The van der Waals surface area contributed by atoms with E-state index in [0.29, 0.717) is 36.8 Å². The van der Waals surface area contributed by atoms with Crippen molar-refractivity contribution in [2.24, 2.45) is 22.7 Å². The van der Waals surface area contributed by atoms with Gasteiger partial charge in [-0.2, -0.15) is 0 Å². The molecule has 2 aromatic rings. The number of carboxylic acids is 1. The summed E-state index contributed by atoms with van der Waals surface area (Å²) < 4.78 is 17.7. The predicted molar refractivity (Wildman–Crippen MR) is 167 cm³/mol. The molecule has 2 N–H and O–H groups in total. The third-order valence-electron chi connectivity index (χ3n) is 11.0. The average Bonchev–Trinajstić information content (AvgIpc) is 3.27. The molecule has 3 unspecified atom stereocenters. The minimum atomic E-state index is -2.04. The molecular formula is C34H34ClFO5S2. The van der Waals surface area contributed by atoms with Crippen LogP contribution in [0.3, 0.4) is 0 Å². The highest BCUT2D eigenvalue weighted by Crippen LogP contribution is 2.72. The molecule has 226 valence electrons. The maximum atomic E-state index is 17.7. The smallest absolute Gasteiger partial charge is 0.335 e. The summed E-state index contributed by atoms with van der Waals surface area (Å²) in [4.78, 5) is 41.0. The van der Waals surface area contributed by atoms with E-state index >= 15 is 4.39 Å². The summed E-state index contributed by atoms with van der Waals surface area (Å²) in [6, 6.07) is 14.8. The van der Waals surface area contributed by atoms with E-state index in [4.69, 9.17) is 11.6 Å². The van der Waals surface area contributed by atoms with Crippen molar-refractivity contribution in [1.29, 1.82) is 0 Å². The normalized spacial score (nSPS) is 36.3. The molecule has 7 atom stereocenters. The Kier molecular flexibility index (Phi) is 7.76. The van der Waals surface area contributed by atoms with Crippen molar-refractivity contribution in [2.75, 3.05) is 5.21 Å². The lowest BCUT2D eigenvalue weighted by molar-refractivity contribution is -0.197. The van der Waals surface area contributed by atoms with Gasteiger partial charge in [-0.05, 0) is 98.4 Å². The van der Waals surface area contributed by atoms with Crippen LogP contribution in [-0.2, 0) is 15.0 Å². The Morgan fingerprint density at radius 3 is 2.51 bits per heavy atom. The number of alkyl halides is 2. The molecular weight excluding hydrogens is 607 g/mol. The van der Waals surface area contributed by atoms with Crippen LogP contribution in [0.15, 0.2) is 82.1 Å². The minimum absolute atomic E-state index is 0.00767. The van der Waals surface area contributed by atoms with Crippen LogP contribution >= 0.6 is 35.1 Å². The van der Waals surface area contributed by atoms with Crippen LogP contribution in [0.2, 0.25) is 0 Å². The average molecular weight is 641 g/mol. The fourth-order valence-electron chi connectivity index (χ4n) is 9.05. The van der Waals surface area contributed by atoms with Gasteiger partial charge in [0.2, 0.25) is 5.12 Å². The predicted octanol–water partition coefficient (Wildman–Crippen LogP) is 7.60. The van der Waals surface area contributed by atoms with Gasteiger partial charge in [0, 0.05) is 21.1 Å². The zero-order chi connectivity index (χ0) is 30.8. The van der Waals surface area contributed by atoms with Crippen LogP contribution in [-0.4, -0.2) is 44.1 Å². The SMILES string of the molecule is C[C@]12C=CC(=O)C=C1CCC1C3CC[C@@](C(=O)SCCl)(c4cc(Sc5ccccc5)ccc4C(=O)O)[C@@]3(C)C[C@H](O)C12F. The molecule has 4 aliphatic carbocycles. The topological polar surface area (TPSA) is 91.7 Å². The molecule has 0 radical (unpaired) electrons. The molecule has 9 heteroatoms. The first-order valence-electron chi connectivity index (χ1n) is 14.6. The second kappa shape index (κ2) is 10.9. The van der Waals surface area contributed by atoms with Gasteiger partial charge in [-0.15, -0.1) is 11.6 Å². The molecule has 43 heavy (non-hydrogen) atoms. The van der Waals surface area contributed by atoms with Crippen molar-refractivity contribution in [3.63, 3.8) is 0 Å². The van der Waals surface area contributed by atoms with Gasteiger partial charge >= 0.3 is 5.97 Å². The van der Waals surface area contributed by atoms with E-state index in [-0.39, 0.29) is 34.0 Å². The van der Waals surface area contributed by atoms with E-state index < -0.39 is 39.9 Å². The molecule has 4 aliphatic rings. The van der Waals surface area contributed by atoms with Gasteiger partial charge in [0.1, 0.15) is 0 Å². The fourth-order valence-corrected chi connectivity index (χ4v) is 11.0. The van der Waals surface area contributed by atoms with Crippen molar-refractivity contribution in [3.8, 4) is 0 Å². The van der Waals surface area contributed by atoms with Gasteiger partial charge in [-0.1, -0.05) is 60.3 Å². The molecule has 3 saturated carbocycles. The molecule has 5 nitrogen and oxygen atoms in total. The fraction of sp³-hybridized carbons (Fsp3) is 0.441. The summed E-state index contributed by atoms with van der Waals surface area (Å²) in [6.07, 6.45) is 4.82. The van der Waals surface area contributed by atoms with Gasteiger partial charge in [-0.25, -0.2) is 9.18 Å². The van der Waals surface area contributed by atoms with Crippen molar-refractivity contribution in [1.82, 2.24) is 0 Å². The molecule has 0 spiro atoms. The van der Waals surface area contributed by atoms with Gasteiger partial charge in [0.25, 0.3) is 0 Å². The third-order valence-corrected chi connectivity index (χ3v) is 13.1. The minimum Gasteiger partial charge on any atom is -0.478 e. The van der Waals surface area contributed by atoms with Gasteiger partial charge < -0.3 is 10.2 Å². The van der Waals surface area contributed by atoms with Crippen LogP contribution in [0.1, 0.15) is 61.9 Å². The summed E-state index contributed by atoms with van der Waals surface area (Å²) >= 11 is 8.55. The summed E-state index contributed by atoms with van der Waals surface area (Å²) in [5.74, 6) is -2.22. The number of benzene rings is 2. The number of hydrogen-bond acceptors (Lipinski definition) is 6. The van der Waals surface area contributed by atoms with Crippen LogP contribution in [0, 0.1) is 22.7 Å². The molecule has 0 aliphatic heterocycles. The van der Waals surface area contributed by atoms with E-state index in [1.807, 2.05) is 43.3 Å². The largest absolute Gasteiger partial charge is 0.478 e. The molecule has 0 bridgehead atoms. The Labute approximate surface area is 264 Å². The van der Waals surface area contributed by atoms with E-state index in [0.717, 1.165) is 21.6 Å². The molecule has 0 saturated heterocycles. The van der Waals surface area contributed by atoms with Crippen molar-refractivity contribution >= 4 is 52.0 Å². The van der Waals surface area contributed by atoms with E-state index in [9.17, 15) is 24.6 Å². The molecule has 0 amide bonds. The van der Waals surface area contributed by atoms with Crippen LogP contribution < -0.4 is 0 Å². The third kappa shape index (κ3) is 4.34. The van der Waals surface area contributed by atoms with Gasteiger partial charge in [-0.3, -0.25) is 9.59 Å². The Balaban J connectivity index is 1.51. The maximum Gasteiger partial charge on any atom is 0.335 e. The highest BCUT2D eigenvalue weighted by molar-refractivity contribution is 8.14. The standard InChI is InChI=1S/C34H34ClFO5S2/c1-31-14-12-21(37)16-20(31)8-11-26-25-13-15-33(30(41)42-19-35,32(25,2)18-28(38)34(26,31)36)27-17-23(9-10-24(27)29(39)40)43-22-6-4-3-5-7-22/h3-7,9-10,12,14,16-17,25-26,28,38H,8,11,13,15,18-19H2,1-2H3,(H,39,40)/t25?,26?,28-,31-,32-,33-,34?/m0/s1. The number of carbonyl (C=O) groups excluding carboxylic acids is 2. The Hall–Kier alpha value is -2.39. The van der Waals surface area contributed by atoms with Crippen molar-refractivity contribution in [3.05, 3.63) is 83.5 Å². The first kappa shape index (κ1) is 30.6. The van der Waals surface area contributed by atoms with E-state index in [1.165, 1.54) is 23.9 Å². The first-order valence-corrected chi connectivity index (χ1v) is 16.9. The van der Waals surface area contributed by atoms with Crippen molar-refractivity contribution in [2.45, 2.75) is 72.9 Å². The van der Waals surface area contributed by atoms with Crippen LogP contribution in [0.5, 0.6) is 0 Å². The Morgan fingerprint density at radius 2 is 1.81 bits per heavy atom. The molecule has 2 aromatic carbocycles. The van der Waals surface area contributed by atoms with Crippen molar-refractivity contribution < 1.29 is 29.0 Å². The number of carboxylic acid groups (broad SMARTS) is 1.